The lowest BCUT2D eigenvalue weighted by molar-refractivity contribution is 0.202. The highest BCUT2D eigenvalue weighted by Crippen LogP contribution is 2.28. The summed E-state index contributed by atoms with van der Waals surface area (Å²) in [5.74, 6) is 1.37. The van der Waals surface area contributed by atoms with Gasteiger partial charge in [-0.2, -0.15) is 14.7 Å². The Kier molecular flexibility index (Phi) is 4.21. The molecule has 7 nitrogen and oxygen atoms in total. The molecule has 1 aliphatic rings. The van der Waals surface area contributed by atoms with Crippen LogP contribution in [-0.2, 0) is 13.6 Å². The van der Waals surface area contributed by atoms with Gasteiger partial charge < -0.3 is 0 Å². The molecule has 0 saturated carbocycles. The molecule has 0 unspecified atom stereocenters. The zero-order valence-corrected chi connectivity index (χ0v) is 16.0. The Hall–Kier alpha value is -2.58. The van der Waals surface area contributed by atoms with Gasteiger partial charge in [0.2, 0.25) is 0 Å². The van der Waals surface area contributed by atoms with Crippen LogP contribution in [-0.4, -0.2) is 47.6 Å². The smallest absolute Gasteiger partial charge is 0.177 e. The maximum Gasteiger partial charge on any atom is 0.177 e. The van der Waals surface area contributed by atoms with Gasteiger partial charge in [-0.1, -0.05) is 6.07 Å². The molecule has 5 rings (SSSR count). The summed E-state index contributed by atoms with van der Waals surface area (Å²) in [6, 6.07) is 10.3. The molecule has 8 heteroatoms. The van der Waals surface area contributed by atoms with Gasteiger partial charge >= 0.3 is 0 Å². The van der Waals surface area contributed by atoms with Gasteiger partial charge in [-0.05, 0) is 55.6 Å². The number of aryl methyl sites for hydroxylation is 1. The van der Waals surface area contributed by atoms with Crippen molar-refractivity contribution in [3.8, 4) is 11.4 Å². The van der Waals surface area contributed by atoms with Gasteiger partial charge in [-0.3, -0.25) is 9.58 Å². The van der Waals surface area contributed by atoms with Crippen LogP contribution in [0.4, 0.5) is 0 Å². The summed E-state index contributed by atoms with van der Waals surface area (Å²) < 4.78 is 3.75. The fraction of sp³-hybridized carbons (Fsp3) is 0.368. The van der Waals surface area contributed by atoms with Gasteiger partial charge in [0.1, 0.15) is 5.69 Å². The molecule has 4 aromatic rings. The van der Waals surface area contributed by atoms with Crippen LogP contribution in [0.15, 0.2) is 41.9 Å². The van der Waals surface area contributed by atoms with Crippen molar-refractivity contribution in [2.24, 2.45) is 7.05 Å². The number of hydrogen-bond acceptors (Lipinski definition) is 6. The van der Waals surface area contributed by atoms with Crippen molar-refractivity contribution in [3.63, 3.8) is 0 Å². The normalized spacial score (nSPS) is 16.3. The van der Waals surface area contributed by atoms with E-state index in [-0.39, 0.29) is 0 Å². The third-order valence-electron chi connectivity index (χ3n) is 5.28. The molecule has 0 radical (unpaired) electrons. The number of nitrogens with zero attached hydrogens (tertiary/aromatic N) is 7. The van der Waals surface area contributed by atoms with Crippen molar-refractivity contribution in [1.29, 1.82) is 0 Å². The van der Waals surface area contributed by atoms with E-state index in [0.717, 1.165) is 55.3 Å². The predicted octanol–water partition coefficient (Wildman–Crippen LogP) is 2.97. The molecule has 1 saturated heterocycles. The molecular weight excluding hydrogens is 358 g/mol. The molecular formula is C19H21N7S. The lowest BCUT2D eigenvalue weighted by Gasteiger charge is -2.30. The summed E-state index contributed by atoms with van der Waals surface area (Å²) in [5, 5.41) is 20.0. The molecule has 0 atom stereocenters. The molecule has 5 heterocycles. The Morgan fingerprint density at radius 3 is 2.74 bits per heavy atom. The number of thiophene rings is 1. The van der Waals surface area contributed by atoms with Crippen molar-refractivity contribution in [1.82, 2.24) is 34.5 Å². The van der Waals surface area contributed by atoms with Crippen LogP contribution in [0.5, 0.6) is 0 Å². The van der Waals surface area contributed by atoms with E-state index in [1.165, 1.54) is 4.88 Å². The van der Waals surface area contributed by atoms with Crippen LogP contribution >= 0.6 is 11.3 Å². The highest BCUT2D eigenvalue weighted by Gasteiger charge is 2.25. The molecule has 0 aliphatic carbocycles. The minimum absolute atomic E-state index is 0.397. The Bertz CT molecular complexity index is 1040. The topological polar surface area (TPSA) is 64.1 Å². The summed E-state index contributed by atoms with van der Waals surface area (Å²) in [6.45, 7) is 3.21. The van der Waals surface area contributed by atoms with Crippen LogP contribution in [0.3, 0.4) is 0 Å². The van der Waals surface area contributed by atoms with Crippen molar-refractivity contribution in [2.75, 3.05) is 13.1 Å². The van der Waals surface area contributed by atoms with Gasteiger partial charge in [-0.25, -0.2) is 0 Å². The quantitative estimate of drug-likeness (QED) is 0.545. The summed E-state index contributed by atoms with van der Waals surface area (Å²) in [4.78, 5) is 3.96. The zero-order valence-electron chi connectivity index (χ0n) is 15.2. The highest BCUT2D eigenvalue weighted by atomic mass is 32.1. The highest BCUT2D eigenvalue weighted by molar-refractivity contribution is 7.09. The average Bonchev–Trinajstić information content (AvgIpc) is 3.43. The summed E-state index contributed by atoms with van der Waals surface area (Å²) >= 11 is 1.83. The summed E-state index contributed by atoms with van der Waals surface area (Å²) in [7, 11) is 1.93. The molecule has 0 amide bonds. The third kappa shape index (κ3) is 3.15. The maximum atomic E-state index is 4.81. The number of piperidine rings is 1. The van der Waals surface area contributed by atoms with Crippen molar-refractivity contribution in [2.45, 2.75) is 25.3 Å². The SMILES string of the molecule is Cn1nccc1-c1ccc2nnc(C3CCN(Cc4cccs4)CC3)n2n1. The summed E-state index contributed by atoms with van der Waals surface area (Å²) in [6.07, 6.45) is 3.96. The largest absolute Gasteiger partial charge is 0.298 e. The molecule has 27 heavy (non-hydrogen) atoms. The molecule has 0 N–H and O–H groups in total. The Labute approximate surface area is 161 Å². The fourth-order valence-electron chi connectivity index (χ4n) is 3.79. The number of fused-ring (bicyclic) bond motifs is 1. The molecule has 138 valence electrons. The minimum atomic E-state index is 0.397. The monoisotopic (exact) mass is 379 g/mol. The van der Waals surface area contributed by atoms with Crippen molar-refractivity contribution >= 4 is 17.0 Å². The van der Waals surface area contributed by atoms with Crippen molar-refractivity contribution < 1.29 is 0 Å². The standard InChI is InChI=1S/C19H21N7S/c1-24-17(6-9-20-24)16-4-5-18-21-22-19(26(18)23-16)14-7-10-25(11-8-14)13-15-3-2-12-27-15/h2-6,9,12,14H,7-8,10-11,13H2,1H3. The molecule has 0 spiro atoms. The zero-order chi connectivity index (χ0) is 18.2. The first-order valence-electron chi connectivity index (χ1n) is 9.23. The van der Waals surface area contributed by atoms with Crippen LogP contribution in [0.25, 0.3) is 17.0 Å². The molecule has 4 aromatic heterocycles. The average molecular weight is 379 g/mol. The second kappa shape index (κ2) is 6.86. The first-order chi connectivity index (χ1) is 13.3. The number of hydrogen-bond donors (Lipinski definition) is 0. The van der Waals surface area contributed by atoms with Crippen LogP contribution < -0.4 is 0 Å². The first-order valence-corrected chi connectivity index (χ1v) is 10.1. The van der Waals surface area contributed by atoms with E-state index < -0.39 is 0 Å². The van der Waals surface area contributed by atoms with Crippen LogP contribution in [0.2, 0.25) is 0 Å². The van der Waals surface area contributed by atoms with E-state index in [4.69, 9.17) is 5.10 Å². The van der Waals surface area contributed by atoms with E-state index in [2.05, 4.69) is 37.7 Å². The molecule has 1 aliphatic heterocycles. The molecule has 0 bridgehead atoms. The second-order valence-corrected chi connectivity index (χ2v) is 8.05. The van der Waals surface area contributed by atoms with E-state index in [0.29, 0.717) is 5.92 Å². The lowest BCUT2D eigenvalue weighted by atomic mass is 9.96. The maximum absolute atomic E-state index is 4.81. The third-order valence-corrected chi connectivity index (χ3v) is 6.14. The van der Waals surface area contributed by atoms with E-state index >= 15 is 0 Å². The van der Waals surface area contributed by atoms with Crippen LogP contribution in [0.1, 0.15) is 29.5 Å². The van der Waals surface area contributed by atoms with Gasteiger partial charge in [-0.15, -0.1) is 21.5 Å². The van der Waals surface area contributed by atoms with Crippen LogP contribution in [0, 0.1) is 0 Å². The van der Waals surface area contributed by atoms with Gasteiger partial charge in [0.25, 0.3) is 0 Å². The number of rotatable bonds is 4. The Morgan fingerprint density at radius 2 is 2.00 bits per heavy atom. The number of likely N-dealkylation sites (tertiary alicyclic amines) is 1. The second-order valence-electron chi connectivity index (χ2n) is 7.02. The molecule has 0 aromatic carbocycles. The van der Waals surface area contributed by atoms with Gasteiger partial charge in [0, 0.05) is 30.6 Å². The Morgan fingerprint density at radius 1 is 1.11 bits per heavy atom. The lowest BCUT2D eigenvalue weighted by Crippen LogP contribution is -2.32. The number of aromatic nitrogens is 6. The van der Waals surface area contributed by atoms with Gasteiger partial charge in [0.05, 0.1) is 5.69 Å². The fourth-order valence-corrected chi connectivity index (χ4v) is 4.54. The van der Waals surface area contributed by atoms with E-state index in [9.17, 15) is 0 Å². The summed E-state index contributed by atoms with van der Waals surface area (Å²) in [5.41, 5.74) is 2.68. The van der Waals surface area contributed by atoms with Crippen molar-refractivity contribution in [3.05, 3.63) is 52.6 Å². The molecule has 1 fully saturated rings. The van der Waals surface area contributed by atoms with E-state index in [1.807, 2.05) is 45.8 Å². The van der Waals surface area contributed by atoms with E-state index in [1.54, 1.807) is 6.20 Å². The predicted molar refractivity (Wildman–Crippen MR) is 105 cm³/mol. The minimum Gasteiger partial charge on any atom is -0.298 e. The van der Waals surface area contributed by atoms with Gasteiger partial charge in [0.15, 0.2) is 11.5 Å². The first kappa shape index (κ1) is 16.6. The Balaban J connectivity index is 1.37.